The molecule has 2 amide bonds. The molecule has 0 aliphatic carbocycles. The van der Waals surface area contributed by atoms with Crippen LogP contribution in [0.4, 0.5) is 0 Å². The van der Waals surface area contributed by atoms with Crippen molar-refractivity contribution in [3.63, 3.8) is 0 Å². The smallest absolute Gasteiger partial charge is 0.287 e. The first-order valence-corrected chi connectivity index (χ1v) is 7.81. The van der Waals surface area contributed by atoms with Crippen molar-refractivity contribution in [2.24, 2.45) is 0 Å². The lowest BCUT2D eigenvalue weighted by molar-refractivity contribution is -0.122. The fraction of sp³-hybridized carbons (Fsp3) is 0.333. The summed E-state index contributed by atoms with van der Waals surface area (Å²) in [5.41, 5.74) is 2.22. The Bertz CT molecular complexity index is 681. The van der Waals surface area contributed by atoms with E-state index in [4.69, 9.17) is 4.42 Å². The summed E-state index contributed by atoms with van der Waals surface area (Å²) in [6, 6.07) is 10.5. The van der Waals surface area contributed by atoms with Crippen molar-refractivity contribution >= 4 is 11.8 Å². The Hall–Kier alpha value is -2.60. The van der Waals surface area contributed by atoms with Gasteiger partial charge in [0.25, 0.3) is 5.91 Å². The molecule has 2 rings (SSSR count). The summed E-state index contributed by atoms with van der Waals surface area (Å²) in [5.74, 6) is -0.462. The molecule has 2 aromatic rings. The maximum absolute atomic E-state index is 12.2. The number of rotatable bonds is 7. The average molecular weight is 329 g/mol. The number of hydrogen-bond donors (Lipinski definition) is 2. The van der Waals surface area contributed by atoms with Crippen LogP contribution in [0.1, 0.15) is 28.6 Å². The third-order valence-electron chi connectivity index (χ3n) is 3.54. The van der Waals surface area contributed by atoms with E-state index in [-0.39, 0.29) is 11.7 Å². The molecule has 1 atom stereocenters. The second-order valence-electron chi connectivity index (χ2n) is 5.90. The van der Waals surface area contributed by atoms with Gasteiger partial charge in [0.15, 0.2) is 5.76 Å². The number of benzene rings is 1. The van der Waals surface area contributed by atoms with Gasteiger partial charge in [0, 0.05) is 13.1 Å². The van der Waals surface area contributed by atoms with E-state index >= 15 is 0 Å². The average Bonchev–Trinajstić information content (AvgIpc) is 3.07. The van der Waals surface area contributed by atoms with Gasteiger partial charge in [0.1, 0.15) is 6.04 Å². The van der Waals surface area contributed by atoms with E-state index < -0.39 is 11.9 Å². The molecule has 1 heterocycles. The minimum atomic E-state index is -0.649. The van der Waals surface area contributed by atoms with Gasteiger partial charge in [-0.15, -0.1) is 0 Å². The van der Waals surface area contributed by atoms with E-state index in [2.05, 4.69) is 15.5 Å². The minimum Gasteiger partial charge on any atom is -0.459 e. The van der Waals surface area contributed by atoms with Crippen molar-refractivity contribution in [1.29, 1.82) is 0 Å². The Kier molecular flexibility index (Phi) is 6.14. The lowest BCUT2D eigenvalue weighted by atomic mass is 10.1. The summed E-state index contributed by atoms with van der Waals surface area (Å²) >= 11 is 0. The molecule has 1 aromatic heterocycles. The number of furan rings is 1. The highest BCUT2D eigenvalue weighted by Gasteiger charge is 2.18. The predicted molar refractivity (Wildman–Crippen MR) is 91.3 cm³/mol. The molecule has 0 aliphatic rings. The van der Waals surface area contributed by atoms with Crippen LogP contribution < -0.4 is 10.6 Å². The summed E-state index contributed by atoms with van der Waals surface area (Å²) in [5, 5.41) is 5.47. The van der Waals surface area contributed by atoms with Crippen LogP contribution in [0.3, 0.4) is 0 Å². The zero-order valence-electron chi connectivity index (χ0n) is 14.2. The van der Waals surface area contributed by atoms with Crippen LogP contribution in [0, 0.1) is 0 Å². The molecule has 128 valence electrons. The van der Waals surface area contributed by atoms with Gasteiger partial charge in [-0.2, -0.15) is 0 Å². The molecular formula is C18H23N3O3. The summed E-state index contributed by atoms with van der Waals surface area (Å²) in [6.07, 6.45) is 1.42. The van der Waals surface area contributed by atoms with E-state index in [1.54, 1.807) is 19.1 Å². The van der Waals surface area contributed by atoms with E-state index in [1.165, 1.54) is 6.26 Å². The number of nitrogens with zero attached hydrogens (tertiary/aromatic N) is 1. The quantitative estimate of drug-likeness (QED) is 0.812. The van der Waals surface area contributed by atoms with E-state index in [0.717, 1.165) is 17.7 Å². The van der Waals surface area contributed by atoms with Crippen molar-refractivity contribution in [1.82, 2.24) is 15.5 Å². The first-order chi connectivity index (χ1) is 11.5. The molecule has 0 bridgehead atoms. The van der Waals surface area contributed by atoms with Crippen LogP contribution in [0.5, 0.6) is 0 Å². The monoisotopic (exact) mass is 329 g/mol. The van der Waals surface area contributed by atoms with Gasteiger partial charge >= 0.3 is 0 Å². The van der Waals surface area contributed by atoms with E-state index in [9.17, 15) is 9.59 Å². The van der Waals surface area contributed by atoms with Gasteiger partial charge in [-0.1, -0.05) is 24.3 Å². The Morgan fingerprint density at radius 2 is 1.83 bits per heavy atom. The zero-order chi connectivity index (χ0) is 17.5. The number of carbonyl (C=O) groups excluding carboxylic acids is 2. The van der Waals surface area contributed by atoms with Crippen LogP contribution in [0.15, 0.2) is 47.1 Å². The lowest BCUT2D eigenvalue weighted by Crippen LogP contribution is -2.44. The van der Waals surface area contributed by atoms with Crippen LogP contribution in [-0.2, 0) is 17.9 Å². The third kappa shape index (κ3) is 4.96. The number of hydrogen-bond acceptors (Lipinski definition) is 4. The molecule has 0 unspecified atom stereocenters. The Labute approximate surface area is 141 Å². The van der Waals surface area contributed by atoms with E-state index in [1.807, 2.05) is 38.4 Å². The maximum atomic E-state index is 12.2. The summed E-state index contributed by atoms with van der Waals surface area (Å²) in [4.78, 5) is 26.1. The second-order valence-corrected chi connectivity index (χ2v) is 5.90. The molecule has 1 aromatic carbocycles. The Morgan fingerprint density at radius 1 is 1.12 bits per heavy atom. The number of amides is 2. The van der Waals surface area contributed by atoms with Crippen LogP contribution in [0.2, 0.25) is 0 Å². The van der Waals surface area contributed by atoms with Crippen molar-refractivity contribution in [3.05, 3.63) is 59.5 Å². The predicted octanol–water partition coefficient (Wildman–Crippen LogP) is 1.78. The van der Waals surface area contributed by atoms with Gasteiger partial charge in [0.2, 0.25) is 5.91 Å². The number of carbonyl (C=O) groups is 2. The van der Waals surface area contributed by atoms with E-state index in [0.29, 0.717) is 6.54 Å². The summed E-state index contributed by atoms with van der Waals surface area (Å²) < 4.78 is 5.01. The highest BCUT2D eigenvalue weighted by molar-refractivity contribution is 5.95. The number of nitrogens with one attached hydrogen (secondary N) is 2. The molecule has 0 radical (unpaired) electrons. The Balaban J connectivity index is 1.90. The highest BCUT2D eigenvalue weighted by Crippen LogP contribution is 2.10. The van der Waals surface area contributed by atoms with Gasteiger partial charge in [-0.25, -0.2) is 0 Å². The summed E-state index contributed by atoms with van der Waals surface area (Å²) in [6.45, 7) is 2.86. The topological polar surface area (TPSA) is 74.6 Å². The molecular weight excluding hydrogens is 306 g/mol. The standard InChI is InChI=1S/C18H23N3O3/c1-13(20-18(23)16-9-6-10-24-16)17(22)19-11-14-7-4-5-8-15(14)12-21(2)3/h4-10,13H,11-12H2,1-3H3,(H,19,22)(H,20,23)/t13-/m1/s1. The molecule has 6 heteroatoms. The highest BCUT2D eigenvalue weighted by atomic mass is 16.3. The zero-order valence-corrected chi connectivity index (χ0v) is 14.2. The molecule has 0 aliphatic heterocycles. The fourth-order valence-corrected chi connectivity index (χ4v) is 2.30. The molecule has 0 fully saturated rings. The van der Waals surface area contributed by atoms with Gasteiger partial charge in [0.05, 0.1) is 6.26 Å². The second kappa shape index (κ2) is 8.31. The van der Waals surface area contributed by atoms with Crippen molar-refractivity contribution < 1.29 is 14.0 Å². The molecule has 6 nitrogen and oxygen atoms in total. The van der Waals surface area contributed by atoms with Gasteiger partial charge in [-0.05, 0) is 44.3 Å². The normalized spacial score (nSPS) is 12.0. The van der Waals surface area contributed by atoms with Crippen LogP contribution >= 0.6 is 0 Å². The summed E-state index contributed by atoms with van der Waals surface area (Å²) in [7, 11) is 4.00. The van der Waals surface area contributed by atoms with Crippen molar-refractivity contribution in [2.45, 2.75) is 26.1 Å². The molecule has 0 spiro atoms. The van der Waals surface area contributed by atoms with Gasteiger partial charge in [-0.3, -0.25) is 9.59 Å². The SMILES string of the molecule is C[C@@H](NC(=O)c1ccco1)C(=O)NCc1ccccc1CN(C)C. The first kappa shape index (κ1) is 17.7. The van der Waals surface area contributed by atoms with Crippen LogP contribution in [-0.4, -0.2) is 36.9 Å². The van der Waals surface area contributed by atoms with Crippen LogP contribution in [0.25, 0.3) is 0 Å². The minimum absolute atomic E-state index is 0.186. The van der Waals surface area contributed by atoms with Crippen molar-refractivity contribution in [3.8, 4) is 0 Å². The molecule has 0 saturated heterocycles. The molecule has 2 N–H and O–H groups in total. The Morgan fingerprint density at radius 3 is 2.46 bits per heavy atom. The third-order valence-corrected chi connectivity index (χ3v) is 3.54. The maximum Gasteiger partial charge on any atom is 0.287 e. The molecule has 24 heavy (non-hydrogen) atoms. The van der Waals surface area contributed by atoms with Crippen molar-refractivity contribution in [2.75, 3.05) is 14.1 Å². The molecule has 0 saturated carbocycles. The fourth-order valence-electron chi connectivity index (χ4n) is 2.30. The van der Waals surface area contributed by atoms with Gasteiger partial charge < -0.3 is 20.0 Å². The largest absolute Gasteiger partial charge is 0.459 e. The lowest BCUT2D eigenvalue weighted by Gasteiger charge is -2.16. The first-order valence-electron chi connectivity index (χ1n) is 7.81.